The molecule has 8 heteroatoms. The number of piperidine rings is 1. The minimum absolute atomic E-state index is 0. The first-order chi connectivity index (χ1) is 12.9. The van der Waals surface area contributed by atoms with Crippen LogP contribution in [-0.4, -0.2) is 39.4 Å². The number of halogens is 1. The smallest absolute Gasteiger partial charge is 0.238 e. The van der Waals surface area contributed by atoms with Gasteiger partial charge in [0.15, 0.2) is 5.96 Å². The Balaban J connectivity index is 0.00000280. The Morgan fingerprint density at radius 2 is 1.71 bits per heavy atom. The Morgan fingerprint density at radius 3 is 2.29 bits per heavy atom. The molecule has 2 aliphatic rings. The molecule has 158 valence electrons. The number of rotatable bonds is 3. The second kappa shape index (κ2) is 10.2. The van der Waals surface area contributed by atoms with Crippen LogP contribution in [0.4, 0.5) is 0 Å². The highest BCUT2D eigenvalue weighted by Gasteiger charge is 2.36. The fourth-order valence-corrected chi connectivity index (χ4v) is 5.10. The van der Waals surface area contributed by atoms with Gasteiger partial charge in [-0.15, -0.1) is 24.0 Å². The predicted molar refractivity (Wildman–Crippen MR) is 124 cm³/mol. The van der Waals surface area contributed by atoms with E-state index >= 15 is 0 Å². The zero-order chi connectivity index (χ0) is 19.3. The van der Waals surface area contributed by atoms with Crippen molar-refractivity contribution in [3.8, 4) is 0 Å². The first-order valence-corrected chi connectivity index (χ1v) is 11.5. The molecule has 1 spiro atoms. The van der Waals surface area contributed by atoms with Gasteiger partial charge >= 0.3 is 0 Å². The van der Waals surface area contributed by atoms with E-state index in [1.54, 1.807) is 24.3 Å². The summed E-state index contributed by atoms with van der Waals surface area (Å²) in [5.41, 5.74) is 1.47. The first-order valence-electron chi connectivity index (χ1n) is 9.99. The molecule has 0 bridgehead atoms. The molecule has 1 aliphatic carbocycles. The van der Waals surface area contributed by atoms with Gasteiger partial charge in [-0.2, -0.15) is 0 Å². The number of guanidine groups is 1. The number of nitrogens with two attached hydrogens (primary N) is 1. The molecule has 1 aromatic carbocycles. The van der Waals surface area contributed by atoms with Gasteiger partial charge in [0.2, 0.25) is 10.0 Å². The summed E-state index contributed by atoms with van der Waals surface area (Å²) in [5, 5.41) is 8.60. The van der Waals surface area contributed by atoms with Crippen molar-refractivity contribution in [1.82, 2.24) is 10.2 Å². The molecule has 0 amide bonds. The first kappa shape index (κ1) is 23.4. The number of benzene rings is 1. The molecule has 6 nitrogen and oxygen atoms in total. The van der Waals surface area contributed by atoms with Crippen molar-refractivity contribution >= 4 is 40.0 Å². The third kappa shape index (κ3) is 6.06. The normalized spacial score (nSPS) is 20.4. The highest BCUT2D eigenvalue weighted by atomic mass is 127. The maximum absolute atomic E-state index is 11.4. The molecule has 1 aromatic rings. The van der Waals surface area contributed by atoms with E-state index in [4.69, 9.17) is 5.14 Å². The SMILES string of the molecule is CN=C(NCc1ccc(S(N)(=O)=O)cc1)N1CCCC2(CCCCCC2)C1.I. The van der Waals surface area contributed by atoms with Crippen molar-refractivity contribution in [3.63, 3.8) is 0 Å². The Hall–Kier alpha value is -0.870. The number of aliphatic imine (C=N–C) groups is 1. The van der Waals surface area contributed by atoms with Gasteiger partial charge in [-0.3, -0.25) is 4.99 Å². The Kier molecular flexibility index (Phi) is 8.57. The molecular weight excluding hydrogens is 487 g/mol. The summed E-state index contributed by atoms with van der Waals surface area (Å²) >= 11 is 0. The molecule has 0 atom stereocenters. The predicted octanol–water partition coefficient (Wildman–Crippen LogP) is 3.46. The number of sulfonamides is 1. The van der Waals surface area contributed by atoms with E-state index in [0.717, 1.165) is 24.6 Å². The fourth-order valence-electron chi connectivity index (χ4n) is 4.59. The summed E-state index contributed by atoms with van der Waals surface area (Å²) in [5.74, 6) is 0.939. The largest absolute Gasteiger partial charge is 0.352 e. The van der Waals surface area contributed by atoms with Crippen LogP contribution < -0.4 is 10.5 Å². The lowest BCUT2D eigenvalue weighted by molar-refractivity contribution is 0.115. The molecule has 1 saturated carbocycles. The van der Waals surface area contributed by atoms with Crippen molar-refractivity contribution < 1.29 is 8.42 Å². The van der Waals surface area contributed by atoms with E-state index in [1.807, 2.05) is 7.05 Å². The van der Waals surface area contributed by atoms with Crippen LogP contribution in [0.1, 0.15) is 56.9 Å². The Labute approximate surface area is 186 Å². The maximum atomic E-state index is 11.4. The third-order valence-corrected chi connectivity index (χ3v) is 6.97. The molecule has 3 rings (SSSR count). The standard InChI is InChI=1S/C20H32N4O2S.HI/c1-22-19(23-15-17-7-9-18(10-8-17)27(21,25)26)24-14-6-13-20(16-24)11-4-2-3-5-12-20;/h7-10H,2-6,11-16H2,1H3,(H,22,23)(H2,21,25,26);1H. The number of nitrogens with zero attached hydrogens (tertiary/aromatic N) is 2. The Morgan fingerprint density at radius 1 is 1.11 bits per heavy atom. The third-order valence-electron chi connectivity index (χ3n) is 6.04. The number of hydrogen-bond donors (Lipinski definition) is 2. The van der Waals surface area contributed by atoms with Crippen LogP contribution in [0.5, 0.6) is 0 Å². The molecule has 0 radical (unpaired) electrons. The average Bonchev–Trinajstić information content (AvgIpc) is 2.87. The summed E-state index contributed by atoms with van der Waals surface area (Å²) in [6, 6.07) is 6.69. The van der Waals surface area contributed by atoms with Gasteiger partial charge in [0.25, 0.3) is 0 Å². The van der Waals surface area contributed by atoms with Crippen molar-refractivity contribution in [2.75, 3.05) is 20.1 Å². The number of likely N-dealkylation sites (tertiary alicyclic amines) is 1. The van der Waals surface area contributed by atoms with Gasteiger partial charge in [0.05, 0.1) is 4.90 Å². The highest BCUT2D eigenvalue weighted by Crippen LogP contribution is 2.42. The monoisotopic (exact) mass is 520 g/mol. The van der Waals surface area contributed by atoms with Crippen LogP contribution in [0, 0.1) is 5.41 Å². The van der Waals surface area contributed by atoms with Gasteiger partial charge in [-0.1, -0.05) is 37.8 Å². The van der Waals surface area contributed by atoms with E-state index in [1.165, 1.54) is 51.4 Å². The minimum atomic E-state index is -3.64. The van der Waals surface area contributed by atoms with Crippen molar-refractivity contribution in [3.05, 3.63) is 29.8 Å². The topological polar surface area (TPSA) is 87.8 Å². The summed E-state index contributed by atoms with van der Waals surface area (Å²) in [4.78, 5) is 7.05. The zero-order valence-corrected chi connectivity index (χ0v) is 19.8. The van der Waals surface area contributed by atoms with Crippen LogP contribution in [0.15, 0.2) is 34.2 Å². The van der Waals surface area contributed by atoms with E-state index in [2.05, 4.69) is 15.2 Å². The molecule has 1 heterocycles. The van der Waals surface area contributed by atoms with Crippen LogP contribution in [-0.2, 0) is 16.6 Å². The van der Waals surface area contributed by atoms with E-state index in [9.17, 15) is 8.42 Å². The van der Waals surface area contributed by atoms with Crippen LogP contribution in [0.25, 0.3) is 0 Å². The summed E-state index contributed by atoms with van der Waals surface area (Å²) in [6.07, 6.45) is 10.7. The molecule has 3 N–H and O–H groups in total. The van der Waals surface area contributed by atoms with Crippen LogP contribution in [0.3, 0.4) is 0 Å². The second-order valence-corrected chi connectivity index (χ2v) is 9.59. The summed E-state index contributed by atoms with van der Waals surface area (Å²) < 4.78 is 22.7. The minimum Gasteiger partial charge on any atom is -0.352 e. The summed E-state index contributed by atoms with van der Waals surface area (Å²) in [7, 11) is -1.81. The number of hydrogen-bond acceptors (Lipinski definition) is 3. The van der Waals surface area contributed by atoms with Gasteiger partial charge in [0, 0.05) is 26.7 Å². The number of nitrogens with one attached hydrogen (secondary N) is 1. The van der Waals surface area contributed by atoms with Crippen LogP contribution >= 0.6 is 24.0 Å². The lowest BCUT2D eigenvalue weighted by Crippen LogP contribution is -2.50. The van der Waals surface area contributed by atoms with Crippen molar-refractivity contribution in [2.24, 2.45) is 15.5 Å². The molecule has 28 heavy (non-hydrogen) atoms. The van der Waals surface area contributed by atoms with Gasteiger partial charge in [-0.05, 0) is 48.8 Å². The quantitative estimate of drug-likeness (QED) is 0.363. The molecular formula is C20H33IN4O2S. The molecule has 1 aliphatic heterocycles. The molecule has 0 aromatic heterocycles. The average molecular weight is 520 g/mol. The zero-order valence-electron chi connectivity index (χ0n) is 16.7. The van der Waals surface area contributed by atoms with E-state index in [-0.39, 0.29) is 28.9 Å². The van der Waals surface area contributed by atoms with Gasteiger partial charge in [0.1, 0.15) is 0 Å². The van der Waals surface area contributed by atoms with Gasteiger partial charge < -0.3 is 10.2 Å². The maximum Gasteiger partial charge on any atom is 0.238 e. The molecule has 0 unspecified atom stereocenters. The second-order valence-electron chi connectivity index (χ2n) is 8.03. The molecule has 2 fully saturated rings. The van der Waals surface area contributed by atoms with Gasteiger partial charge in [-0.25, -0.2) is 13.6 Å². The fraction of sp³-hybridized carbons (Fsp3) is 0.650. The Bertz CT molecular complexity index is 757. The summed E-state index contributed by atoms with van der Waals surface area (Å²) in [6.45, 7) is 2.75. The molecule has 1 saturated heterocycles. The van der Waals surface area contributed by atoms with E-state index in [0.29, 0.717) is 12.0 Å². The van der Waals surface area contributed by atoms with Crippen molar-refractivity contribution in [1.29, 1.82) is 0 Å². The highest BCUT2D eigenvalue weighted by molar-refractivity contribution is 14.0. The lowest BCUT2D eigenvalue weighted by atomic mass is 9.74. The lowest BCUT2D eigenvalue weighted by Gasteiger charge is -2.44. The van der Waals surface area contributed by atoms with Crippen LogP contribution in [0.2, 0.25) is 0 Å². The van der Waals surface area contributed by atoms with Crippen molar-refractivity contribution in [2.45, 2.75) is 62.8 Å². The number of primary sulfonamides is 1. The van der Waals surface area contributed by atoms with E-state index < -0.39 is 10.0 Å².